The summed E-state index contributed by atoms with van der Waals surface area (Å²) in [4.78, 5) is -0.520. The van der Waals surface area contributed by atoms with Gasteiger partial charge in [-0.1, -0.05) is 0 Å². The van der Waals surface area contributed by atoms with Crippen LogP contribution in [-0.2, 0) is 16.6 Å². The monoisotopic (exact) mass is 360 g/mol. The first-order chi connectivity index (χ1) is 9.40. The third-order valence-electron chi connectivity index (χ3n) is 2.38. The Balaban J connectivity index is 2.27. The van der Waals surface area contributed by atoms with Crippen molar-refractivity contribution in [3.63, 3.8) is 0 Å². The lowest BCUT2D eigenvalue weighted by Gasteiger charge is -2.09. The first kappa shape index (κ1) is 14.8. The van der Waals surface area contributed by atoms with Crippen molar-refractivity contribution in [2.45, 2.75) is 11.4 Å². The van der Waals surface area contributed by atoms with Crippen LogP contribution in [0.2, 0.25) is 0 Å². The van der Waals surface area contributed by atoms with Crippen molar-refractivity contribution in [2.75, 3.05) is 5.73 Å². The molecule has 20 heavy (non-hydrogen) atoms. The summed E-state index contributed by atoms with van der Waals surface area (Å²) >= 11 is 2.92. The highest BCUT2D eigenvalue weighted by Gasteiger charge is 2.21. The molecule has 0 aliphatic heterocycles. The number of hydrogen-bond donors (Lipinski definition) is 2. The van der Waals surface area contributed by atoms with E-state index in [-0.39, 0.29) is 16.7 Å². The predicted molar refractivity (Wildman–Crippen MR) is 74.6 cm³/mol. The predicted octanol–water partition coefficient (Wildman–Crippen LogP) is 1.44. The topological polar surface area (TPSA) is 98.0 Å². The maximum Gasteiger partial charge on any atom is 0.243 e. The van der Waals surface area contributed by atoms with Gasteiger partial charge in [0.05, 0.1) is 16.7 Å². The maximum absolute atomic E-state index is 13.9. The van der Waals surface area contributed by atoms with Crippen LogP contribution < -0.4 is 10.5 Å². The number of halogens is 2. The molecule has 106 valence electrons. The van der Waals surface area contributed by atoms with Crippen molar-refractivity contribution in [1.82, 2.24) is 14.9 Å². The Hall–Kier alpha value is -1.58. The minimum atomic E-state index is -4.04. The molecule has 1 heterocycles. The van der Waals surface area contributed by atoms with Crippen LogP contribution in [0.15, 0.2) is 39.8 Å². The summed E-state index contributed by atoms with van der Waals surface area (Å²) in [7, 11) is -4.04. The summed E-state index contributed by atoms with van der Waals surface area (Å²) in [5.41, 5.74) is 6.07. The van der Waals surface area contributed by atoms with Crippen molar-refractivity contribution in [1.29, 1.82) is 0 Å². The molecule has 9 heteroatoms. The van der Waals surface area contributed by atoms with E-state index in [2.05, 4.69) is 30.8 Å². The zero-order valence-corrected chi connectivity index (χ0v) is 12.4. The van der Waals surface area contributed by atoms with Gasteiger partial charge in [0, 0.05) is 11.9 Å². The van der Waals surface area contributed by atoms with Crippen LogP contribution in [0, 0.1) is 5.82 Å². The van der Waals surface area contributed by atoms with E-state index in [9.17, 15) is 12.8 Å². The largest absolute Gasteiger partial charge is 0.399 e. The molecule has 2 rings (SSSR count). The van der Waals surface area contributed by atoms with Crippen molar-refractivity contribution in [3.05, 3.63) is 46.4 Å². The highest BCUT2D eigenvalue weighted by molar-refractivity contribution is 9.10. The molecule has 0 atom stereocenters. The van der Waals surface area contributed by atoms with Gasteiger partial charge in [0.25, 0.3) is 0 Å². The number of nitrogens with one attached hydrogen (secondary N) is 1. The van der Waals surface area contributed by atoms with Crippen LogP contribution in [0.1, 0.15) is 5.69 Å². The summed E-state index contributed by atoms with van der Waals surface area (Å²) < 4.78 is 40.2. The molecule has 0 aliphatic carbocycles. The average Bonchev–Trinajstić information content (AvgIpc) is 2.42. The number of anilines is 1. The Bertz CT molecular complexity index is 725. The lowest BCUT2D eigenvalue weighted by atomic mass is 10.3. The van der Waals surface area contributed by atoms with Gasteiger partial charge in [-0.15, -0.1) is 0 Å². The molecule has 0 saturated carbocycles. The molecule has 1 aromatic carbocycles. The minimum Gasteiger partial charge on any atom is -0.399 e. The van der Waals surface area contributed by atoms with Crippen LogP contribution in [-0.4, -0.2) is 18.6 Å². The number of aromatic nitrogens is 2. The van der Waals surface area contributed by atoms with E-state index in [1.165, 1.54) is 12.3 Å². The van der Waals surface area contributed by atoms with Crippen molar-refractivity contribution in [3.8, 4) is 0 Å². The van der Waals surface area contributed by atoms with E-state index in [0.29, 0.717) is 5.69 Å². The normalized spacial score (nSPS) is 11.5. The molecule has 0 radical (unpaired) electrons. The number of nitrogens with two attached hydrogens (primary N) is 1. The SMILES string of the molecule is Nc1cc(Br)c(F)c(S(=O)(=O)NCc2cccnn2)c1. The second kappa shape index (κ2) is 5.81. The van der Waals surface area contributed by atoms with Crippen LogP contribution in [0.25, 0.3) is 0 Å². The van der Waals surface area contributed by atoms with Gasteiger partial charge < -0.3 is 5.73 Å². The molecule has 0 unspecified atom stereocenters. The second-order valence-corrected chi connectivity index (χ2v) is 6.44. The lowest BCUT2D eigenvalue weighted by Crippen LogP contribution is -2.25. The van der Waals surface area contributed by atoms with Gasteiger partial charge in [0.2, 0.25) is 10.0 Å². The Morgan fingerprint density at radius 1 is 1.40 bits per heavy atom. The molecule has 1 aromatic heterocycles. The van der Waals surface area contributed by atoms with Crippen LogP contribution in [0.5, 0.6) is 0 Å². The van der Waals surface area contributed by atoms with Crippen LogP contribution in [0.3, 0.4) is 0 Å². The fourth-order valence-electron chi connectivity index (χ4n) is 1.45. The van der Waals surface area contributed by atoms with Gasteiger partial charge >= 0.3 is 0 Å². The second-order valence-electron chi connectivity index (χ2n) is 3.85. The lowest BCUT2D eigenvalue weighted by molar-refractivity contribution is 0.553. The number of nitrogens with zero attached hydrogens (tertiary/aromatic N) is 2. The highest BCUT2D eigenvalue weighted by Crippen LogP contribution is 2.26. The van der Waals surface area contributed by atoms with E-state index in [0.717, 1.165) is 6.07 Å². The van der Waals surface area contributed by atoms with E-state index in [1.807, 2.05) is 0 Å². The summed E-state index contributed by atoms with van der Waals surface area (Å²) in [6, 6.07) is 5.56. The summed E-state index contributed by atoms with van der Waals surface area (Å²) in [5, 5.41) is 7.35. The van der Waals surface area contributed by atoms with Gasteiger partial charge in [-0.25, -0.2) is 17.5 Å². The first-order valence-electron chi connectivity index (χ1n) is 5.41. The Kier molecular flexibility index (Phi) is 4.31. The zero-order valence-electron chi connectivity index (χ0n) is 10.0. The van der Waals surface area contributed by atoms with Crippen molar-refractivity contribution in [2.24, 2.45) is 0 Å². The Labute approximate surface area is 123 Å². The third-order valence-corrected chi connectivity index (χ3v) is 4.36. The van der Waals surface area contributed by atoms with E-state index in [1.54, 1.807) is 12.1 Å². The van der Waals surface area contributed by atoms with Crippen LogP contribution >= 0.6 is 15.9 Å². The quantitative estimate of drug-likeness (QED) is 0.803. The minimum absolute atomic E-state index is 0.0163. The van der Waals surface area contributed by atoms with Gasteiger partial charge in [-0.3, -0.25) is 0 Å². The maximum atomic E-state index is 13.9. The molecule has 0 bridgehead atoms. The smallest absolute Gasteiger partial charge is 0.243 e. The third kappa shape index (κ3) is 3.30. The number of rotatable bonds is 4. The molecule has 2 aromatic rings. The number of sulfonamides is 1. The Morgan fingerprint density at radius 2 is 2.15 bits per heavy atom. The van der Waals surface area contributed by atoms with E-state index in [4.69, 9.17) is 5.73 Å². The summed E-state index contributed by atoms with van der Waals surface area (Å²) in [6.45, 7) is -0.0952. The van der Waals surface area contributed by atoms with Crippen LogP contribution in [0.4, 0.5) is 10.1 Å². The van der Waals surface area contributed by atoms with E-state index >= 15 is 0 Å². The number of hydrogen-bond acceptors (Lipinski definition) is 5. The molecular weight excluding hydrogens is 351 g/mol. The van der Waals surface area contributed by atoms with Crippen molar-refractivity contribution >= 4 is 31.6 Å². The number of benzene rings is 1. The van der Waals surface area contributed by atoms with E-state index < -0.39 is 20.7 Å². The Morgan fingerprint density at radius 3 is 2.80 bits per heavy atom. The molecule has 0 spiro atoms. The molecule has 0 amide bonds. The summed E-state index contributed by atoms with van der Waals surface area (Å²) in [5.74, 6) is -0.897. The molecule has 6 nitrogen and oxygen atoms in total. The summed E-state index contributed by atoms with van der Waals surface area (Å²) in [6.07, 6.45) is 1.46. The molecule has 0 fully saturated rings. The zero-order chi connectivity index (χ0) is 14.8. The molecular formula is C11H10BrFN4O2S. The number of nitrogen functional groups attached to an aromatic ring is 1. The van der Waals surface area contributed by atoms with Gasteiger partial charge in [-0.2, -0.15) is 10.2 Å². The van der Waals surface area contributed by atoms with Crippen molar-refractivity contribution < 1.29 is 12.8 Å². The standard InChI is InChI=1S/C11H10BrFN4O2S/c12-9-4-7(14)5-10(11(9)13)20(18,19)16-6-8-2-1-3-15-17-8/h1-5,16H,6,14H2. The molecule has 0 aliphatic rings. The molecule has 0 saturated heterocycles. The molecule has 3 N–H and O–H groups in total. The highest BCUT2D eigenvalue weighted by atomic mass is 79.9. The van der Waals surface area contributed by atoms with Gasteiger partial charge in [-0.05, 0) is 40.2 Å². The fourth-order valence-corrected chi connectivity index (χ4v) is 3.19. The average molecular weight is 361 g/mol. The fraction of sp³-hybridized carbons (Fsp3) is 0.0909. The van der Waals surface area contributed by atoms with Gasteiger partial charge in [0.15, 0.2) is 5.82 Å². The van der Waals surface area contributed by atoms with Gasteiger partial charge in [0.1, 0.15) is 4.90 Å². The first-order valence-corrected chi connectivity index (χ1v) is 7.68.